The highest BCUT2D eigenvalue weighted by molar-refractivity contribution is 5.78. The van der Waals surface area contributed by atoms with E-state index in [2.05, 4.69) is 35.1 Å². The van der Waals surface area contributed by atoms with Gasteiger partial charge in [-0.05, 0) is 73.2 Å². The molecule has 28 heavy (non-hydrogen) atoms. The molecule has 2 aliphatic rings. The molecule has 2 aliphatic heterocycles. The summed E-state index contributed by atoms with van der Waals surface area (Å²) in [7, 11) is 2.17. The van der Waals surface area contributed by atoms with Crippen LogP contribution in [0.3, 0.4) is 0 Å². The van der Waals surface area contributed by atoms with E-state index in [1.165, 1.54) is 11.1 Å². The number of hydrogen-bond acceptors (Lipinski definition) is 4. The molecule has 1 aromatic carbocycles. The van der Waals surface area contributed by atoms with Crippen molar-refractivity contribution in [3.8, 4) is 5.75 Å². The lowest BCUT2D eigenvalue weighted by Gasteiger charge is -2.32. The molecule has 1 saturated heterocycles. The molecule has 1 amide bonds. The zero-order valence-corrected chi connectivity index (χ0v) is 16.6. The molecule has 0 spiro atoms. The highest BCUT2D eigenvalue weighted by Crippen LogP contribution is 2.25. The van der Waals surface area contributed by atoms with Crippen LogP contribution in [0, 0.1) is 5.92 Å². The minimum Gasteiger partial charge on any atom is -0.493 e. The van der Waals surface area contributed by atoms with Crippen molar-refractivity contribution in [3.05, 3.63) is 59.4 Å². The van der Waals surface area contributed by atoms with Gasteiger partial charge in [0.25, 0.3) is 0 Å². The first kappa shape index (κ1) is 18.9. The van der Waals surface area contributed by atoms with Crippen LogP contribution in [0.4, 0.5) is 0 Å². The molecule has 0 aliphatic carbocycles. The number of aromatic nitrogens is 1. The Morgan fingerprint density at radius 3 is 2.68 bits per heavy atom. The normalized spacial score (nSPS) is 18.0. The maximum absolute atomic E-state index is 12.5. The van der Waals surface area contributed by atoms with Crippen LogP contribution in [0.25, 0.3) is 0 Å². The monoisotopic (exact) mass is 379 g/mol. The number of benzene rings is 1. The Balaban J connectivity index is 1.24. The number of amides is 1. The van der Waals surface area contributed by atoms with E-state index in [1.54, 1.807) is 12.4 Å². The van der Waals surface area contributed by atoms with Crippen molar-refractivity contribution in [3.63, 3.8) is 0 Å². The number of nitrogens with zero attached hydrogens (tertiary/aromatic N) is 3. The lowest BCUT2D eigenvalue weighted by atomic mass is 9.97. The summed E-state index contributed by atoms with van der Waals surface area (Å²) < 4.78 is 6.11. The van der Waals surface area contributed by atoms with Crippen molar-refractivity contribution in [2.75, 3.05) is 33.3 Å². The van der Waals surface area contributed by atoms with Crippen LogP contribution in [0.1, 0.15) is 29.5 Å². The van der Waals surface area contributed by atoms with Gasteiger partial charge in [0.15, 0.2) is 0 Å². The standard InChI is InChI=1S/C23H29N3O2/c1-25-11-8-20-2-3-22(15-21(20)16-25)28-17-19-6-12-26(13-7-19)23(27)14-18-4-9-24-10-5-18/h2-5,9-10,15,19H,6-8,11-14,16-17H2,1H3. The van der Waals surface area contributed by atoms with Crippen LogP contribution in [-0.4, -0.2) is 54.0 Å². The minimum atomic E-state index is 0.212. The summed E-state index contributed by atoms with van der Waals surface area (Å²) in [6, 6.07) is 10.4. The number of rotatable bonds is 5. The van der Waals surface area contributed by atoms with Gasteiger partial charge in [-0.2, -0.15) is 0 Å². The van der Waals surface area contributed by atoms with Crippen LogP contribution in [0.2, 0.25) is 0 Å². The van der Waals surface area contributed by atoms with Crippen molar-refractivity contribution < 1.29 is 9.53 Å². The second-order valence-corrected chi connectivity index (χ2v) is 8.09. The highest BCUT2D eigenvalue weighted by Gasteiger charge is 2.23. The number of fused-ring (bicyclic) bond motifs is 1. The maximum Gasteiger partial charge on any atom is 0.226 e. The summed E-state index contributed by atoms with van der Waals surface area (Å²) in [4.78, 5) is 20.8. The predicted molar refractivity (Wildman–Crippen MR) is 109 cm³/mol. The lowest BCUT2D eigenvalue weighted by Crippen LogP contribution is -2.40. The first-order valence-corrected chi connectivity index (χ1v) is 10.3. The van der Waals surface area contributed by atoms with Crippen molar-refractivity contribution >= 4 is 5.91 Å². The van der Waals surface area contributed by atoms with Crippen LogP contribution in [0.5, 0.6) is 5.75 Å². The maximum atomic E-state index is 12.5. The van der Waals surface area contributed by atoms with Gasteiger partial charge in [0.05, 0.1) is 13.0 Å². The summed E-state index contributed by atoms with van der Waals surface area (Å²) in [6.07, 6.45) is 7.09. The van der Waals surface area contributed by atoms with Gasteiger partial charge in [0.1, 0.15) is 5.75 Å². The SMILES string of the molecule is CN1CCc2ccc(OCC3CCN(C(=O)Cc4ccncc4)CC3)cc2C1. The first-order chi connectivity index (χ1) is 13.7. The van der Waals surface area contributed by atoms with Gasteiger partial charge in [-0.1, -0.05) is 6.07 Å². The Morgan fingerprint density at radius 2 is 1.89 bits per heavy atom. The molecule has 3 heterocycles. The van der Waals surface area contributed by atoms with E-state index in [-0.39, 0.29) is 5.91 Å². The van der Waals surface area contributed by atoms with Gasteiger partial charge in [-0.15, -0.1) is 0 Å². The minimum absolute atomic E-state index is 0.212. The number of hydrogen-bond donors (Lipinski definition) is 0. The van der Waals surface area contributed by atoms with E-state index < -0.39 is 0 Å². The summed E-state index contributed by atoms with van der Waals surface area (Å²) in [5.41, 5.74) is 3.87. The average molecular weight is 380 g/mol. The Hall–Kier alpha value is -2.40. The Labute approximate surface area is 167 Å². The summed E-state index contributed by atoms with van der Waals surface area (Å²) in [5.74, 6) is 1.71. The molecule has 5 nitrogen and oxygen atoms in total. The number of likely N-dealkylation sites (tertiary alicyclic amines) is 1. The average Bonchev–Trinajstić information content (AvgIpc) is 2.73. The molecule has 0 unspecified atom stereocenters. The Kier molecular flexibility index (Phi) is 5.91. The molecule has 1 fully saturated rings. The van der Waals surface area contributed by atoms with Crippen LogP contribution in [0.15, 0.2) is 42.7 Å². The topological polar surface area (TPSA) is 45.7 Å². The Bertz CT molecular complexity index is 801. The molecule has 0 bridgehead atoms. The number of carbonyl (C=O) groups is 1. The van der Waals surface area contributed by atoms with Crippen LogP contribution in [-0.2, 0) is 24.2 Å². The van der Waals surface area contributed by atoms with E-state index in [0.717, 1.165) is 63.4 Å². The molecular formula is C23H29N3O2. The molecule has 5 heteroatoms. The van der Waals surface area contributed by atoms with E-state index in [4.69, 9.17) is 4.74 Å². The molecule has 0 radical (unpaired) electrons. The lowest BCUT2D eigenvalue weighted by molar-refractivity contribution is -0.132. The number of ether oxygens (including phenoxy) is 1. The predicted octanol–water partition coefficient (Wildman–Crippen LogP) is 2.93. The summed E-state index contributed by atoms with van der Waals surface area (Å²) in [6.45, 7) is 4.52. The van der Waals surface area contributed by atoms with E-state index in [1.807, 2.05) is 17.0 Å². The van der Waals surface area contributed by atoms with Crippen molar-refractivity contribution in [1.82, 2.24) is 14.8 Å². The van der Waals surface area contributed by atoms with E-state index in [0.29, 0.717) is 12.3 Å². The molecule has 148 valence electrons. The van der Waals surface area contributed by atoms with Crippen LogP contribution < -0.4 is 4.74 Å². The zero-order chi connectivity index (χ0) is 19.3. The van der Waals surface area contributed by atoms with Gasteiger partial charge in [-0.25, -0.2) is 0 Å². The fourth-order valence-corrected chi connectivity index (χ4v) is 4.11. The van der Waals surface area contributed by atoms with Gasteiger partial charge < -0.3 is 14.5 Å². The molecule has 0 N–H and O–H groups in total. The van der Waals surface area contributed by atoms with Crippen molar-refractivity contribution in [2.45, 2.75) is 32.2 Å². The number of carbonyl (C=O) groups excluding carboxylic acids is 1. The van der Waals surface area contributed by atoms with Gasteiger partial charge in [-0.3, -0.25) is 9.78 Å². The second-order valence-electron chi connectivity index (χ2n) is 8.09. The third-order valence-corrected chi connectivity index (χ3v) is 5.94. The zero-order valence-electron chi connectivity index (χ0n) is 16.6. The fraction of sp³-hybridized carbons (Fsp3) is 0.478. The summed E-state index contributed by atoms with van der Waals surface area (Å²) in [5, 5.41) is 0. The third kappa shape index (κ3) is 4.71. The molecule has 0 atom stereocenters. The summed E-state index contributed by atoms with van der Waals surface area (Å²) >= 11 is 0. The van der Waals surface area contributed by atoms with Gasteiger partial charge in [0, 0.05) is 38.6 Å². The number of pyridine rings is 1. The molecular weight excluding hydrogens is 350 g/mol. The van der Waals surface area contributed by atoms with Crippen molar-refractivity contribution in [2.24, 2.45) is 5.92 Å². The molecule has 2 aromatic rings. The van der Waals surface area contributed by atoms with Gasteiger partial charge >= 0.3 is 0 Å². The number of likely N-dealkylation sites (N-methyl/N-ethyl adjacent to an activating group) is 1. The van der Waals surface area contributed by atoms with Crippen LogP contribution >= 0.6 is 0 Å². The largest absolute Gasteiger partial charge is 0.493 e. The molecule has 0 saturated carbocycles. The molecule has 1 aromatic heterocycles. The first-order valence-electron chi connectivity index (χ1n) is 10.3. The second kappa shape index (κ2) is 8.74. The van der Waals surface area contributed by atoms with Gasteiger partial charge in [0.2, 0.25) is 5.91 Å². The quantitative estimate of drug-likeness (QED) is 0.801. The number of piperidine rings is 1. The van der Waals surface area contributed by atoms with E-state index >= 15 is 0 Å². The highest BCUT2D eigenvalue weighted by atomic mass is 16.5. The third-order valence-electron chi connectivity index (χ3n) is 5.94. The smallest absolute Gasteiger partial charge is 0.226 e. The van der Waals surface area contributed by atoms with Crippen molar-refractivity contribution in [1.29, 1.82) is 0 Å². The Morgan fingerprint density at radius 1 is 1.11 bits per heavy atom. The van der Waals surface area contributed by atoms with E-state index in [9.17, 15) is 4.79 Å². The molecule has 4 rings (SSSR count). The fourth-order valence-electron chi connectivity index (χ4n) is 4.11.